The predicted molar refractivity (Wildman–Crippen MR) is 80.4 cm³/mol. The molecule has 1 aliphatic rings. The van der Waals surface area contributed by atoms with Crippen LogP contribution in [0.5, 0.6) is 0 Å². The third-order valence-corrected chi connectivity index (χ3v) is 4.07. The lowest BCUT2D eigenvalue weighted by molar-refractivity contribution is 0.0697. The number of rotatable bonds is 3. The fraction of sp³-hybridized carbons (Fsp3) is 0.294. The molecule has 0 saturated carbocycles. The predicted octanol–water partition coefficient (Wildman–Crippen LogP) is 2.99. The molecule has 1 aromatic heterocycles. The van der Waals surface area contributed by atoms with E-state index in [4.69, 9.17) is 5.11 Å². The number of hydrogen-bond donors (Lipinski definition) is 2. The number of aromatic carboxylic acids is 1. The molecule has 2 atom stereocenters. The van der Waals surface area contributed by atoms with Gasteiger partial charge in [0.1, 0.15) is 0 Å². The van der Waals surface area contributed by atoms with Crippen molar-refractivity contribution in [2.75, 3.05) is 6.54 Å². The Bertz CT molecular complexity index is 610. The van der Waals surface area contributed by atoms with Gasteiger partial charge in [0.15, 0.2) is 0 Å². The molecule has 0 spiro atoms. The topological polar surface area (TPSA) is 62.2 Å². The van der Waals surface area contributed by atoms with Crippen LogP contribution < -0.4 is 5.32 Å². The summed E-state index contributed by atoms with van der Waals surface area (Å²) < 4.78 is 0. The Labute approximate surface area is 123 Å². The minimum absolute atomic E-state index is 0.258. The van der Waals surface area contributed by atoms with Gasteiger partial charge in [0, 0.05) is 23.9 Å². The largest absolute Gasteiger partial charge is 0.478 e. The highest BCUT2D eigenvalue weighted by atomic mass is 16.4. The van der Waals surface area contributed by atoms with Crippen LogP contribution in [0.25, 0.3) is 0 Å². The number of carbonyl (C=O) groups is 1. The van der Waals surface area contributed by atoms with Gasteiger partial charge in [0.2, 0.25) is 0 Å². The van der Waals surface area contributed by atoms with E-state index in [1.54, 1.807) is 12.1 Å². The van der Waals surface area contributed by atoms with Gasteiger partial charge in [-0.05, 0) is 49.2 Å². The number of piperidine rings is 1. The number of carboxylic acid groups (broad SMARTS) is 1. The Balaban J connectivity index is 1.75. The van der Waals surface area contributed by atoms with Crippen LogP contribution in [0.3, 0.4) is 0 Å². The van der Waals surface area contributed by atoms with Gasteiger partial charge in [-0.15, -0.1) is 0 Å². The molecule has 4 nitrogen and oxygen atoms in total. The molecule has 3 rings (SSSR count). The average molecular weight is 282 g/mol. The molecule has 2 N–H and O–H groups in total. The lowest BCUT2D eigenvalue weighted by Crippen LogP contribution is -2.31. The van der Waals surface area contributed by atoms with E-state index < -0.39 is 5.97 Å². The van der Waals surface area contributed by atoms with E-state index in [9.17, 15) is 4.79 Å². The van der Waals surface area contributed by atoms with Crippen molar-refractivity contribution >= 4 is 5.97 Å². The average Bonchev–Trinajstić information content (AvgIpc) is 2.56. The van der Waals surface area contributed by atoms with Gasteiger partial charge in [-0.2, -0.15) is 0 Å². The second-order valence-electron chi connectivity index (χ2n) is 5.41. The lowest BCUT2D eigenvalue weighted by Gasteiger charge is -2.30. The second kappa shape index (κ2) is 6.06. The van der Waals surface area contributed by atoms with E-state index in [0.29, 0.717) is 11.5 Å². The Morgan fingerprint density at radius 1 is 1.19 bits per heavy atom. The normalized spacial score (nSPS) is 21.9. The van der Waals surface area contributed by atoms with Crippen molar-refractivity contribution in [1.82, 2.24) is 10.3 Å². The Hall–Kier alpha value is -2.20. The maximum Gasteiger partial charge on any atom is 0.335 e. The number of benzene rings is 1. The summed E-state index contributed by atoms with van der Waals surface area (Å²) in [6, 6.07) is 13.5. The van der Waals surface area contributed by atoms with E-state index in [1.165, 1.54) is 0 Å². The van der Waals surface area contributed by atoms with Crippen LogP contribution in [0.2, 0.25) is 0 Å². The van der Waals surface area contributed by atoms with E-state index in [-0.39, 0.29) is 6.04 Å². The maximum atomic E-state index is 10.9. The quantitative estimate of drug-likeness (QED) is 0.908. The Morgan fingerprint density at radius 3 is 2.67 bits per heavy atom. The van der Waals surface area contributed by atoms with Gasteiger partial charge in [-0.25, -0.2) is 4.79 Å². The zero-order valence-electron chi connectivity index (χ0n) is 11.7. The zero-order valence-corrected chi connectivity index (χ0v) is 11.7. The van der Waals surface area contributed by atoms with Gasteiger partial charge in [-0.3, -0.25) is 4.98 Å². The van der Waals surface area contributed by atoms with Crippen LogP contribution in [-0.2, 0) is 0 Å². The lowest BCUT2D eigenvalue weighted by atomic mass is 9.86. The van der Waals surface area contributed by atoms with E-state index >= 15 is 0 Å². The van der Waals surface area contributed by atoms with Crippen LogP contribution in [-0.4, -0.2) is 22.6 Å². The van der Waals surface area contributed by atoms with Gasteiger partial charge >= 0.3 is 5.97 Å². The number of hydrogen-bond acceptors (Lipinski definition) is 3. The summed E-state index contributed by atoms with van der Waals surface area (Å²) in [6.45, 7) is 0.951. The molecule has 0 radical (unpaired) electrons. The van der Waals surface area contributed by atoms with E-state index in [2.05, 4.69) is 16.4 Å². The molecular formula is C17H18N2O2. The number of carboxylic acids is 1. The van der Waals surface area contributed by atoms with E-state index in [1.807, 2.05) is 30.5 Å². The Morgan fingerprint density at radius 2 is 2.00 bits per heavy atom. The van der Waals surface area contributed by atoms with Gasteiger partial charge < -0.3 is 10.4 Å². The van der Waals surface area contributed by atoms with Crippen molar-refractivity contribution in [1.29, 1.82) is 0 Å². The summed E-state index contributed by atoms with van der Waals surface area (Å²) in [7, 11) is 0. The van der Waals surface area contributed by atoms with Crippen LogP contribution in [0.4, 0.5) is 0 Å². The number of nitrogens with zero attached hydrogens (tertiary/aromatic N) is 1. The highest BCUT2D eigenvalue weighted by molar-refractivity contribution is 5.87. The molecule has 0 amide bonds. The van der Waals surface area contributed by atoms with Gasteiger partial charge in [0.25, 0.3) is 0 Å². The molecule has 0 aliphatic carbocycles. The molecule has 1 aromatic carbocycles. The van der Waals surface area contributed by atoms with Crippen molar-refractivity contribution in [3.05, 3.63) is 65.5 Å². The Kier molecular flexibility index (Phi) is 3.97. The summed E-state index contributed by atoms with van der Waals surface area (Å²) >= 11 is 0. The third-order valence-electron chi connectivity index (χ3n) is 4.07. The summed E-state index contributed by atoms with van der Waals surface area (Å²) in [4.78, 5) is 15.4. The number of nitrogens with one attached hydrogen (secondary N) is 1. The molecule has 2 aromatic rings. The van der Waals surface area contributed by atoms with Crippen molar-refractivity contribution < 1.29 is 9.90 Å². The zero-order chi connectivity index (χ0) is 14.7. The van der Waals surface area contributed by atoms with E-state index in [0.717, 1.165) is 30.6 Å². The van der Waals surface area contributed by atoms with Crippen LogP contribution in [0, 0.1) is 0 Å². The fourth-order valence-corrected chi connectivity index (χ4v) is 2.92. The molecule has 1 aliphatic heterocycles. The summed E-state index contributed by atoms with van der Waals surface area (Å²) in [5.74, 6) is -0.430. The second-order valence-corrected chi connectivity index (χ2v) is 5.41. The molecule has 2 unspecified atom stereocenters. The first-order valence-electron chi connectivity index (χ1n) is 7.21. The molecule has 4 heteroatoms. The van der Waals surface area contributed by atoms with Gasteiger partial charge in [0.05, 0.1) is 5.56 Å². The molecule has 108 valence electrons. The minimum atomic E-state index is -0.885. The SMILES string of the molecule is O=C(O)c1ccc(C2CC(c3ccccn3)CCN2)cc1. The van der Waals surface area contributed by atoms with Crippen LogP contribution in [0.1, 0.15) is 46.4 Å². The standard InChI is InChI=1S/C17H18N2O2/c20-17(21)13-6-4-12(5-7-13)16-11-14(8-10-19-16)15-3-1-2-9-18-15/h1-7,9,14,16,19H,8,10-11H2,(H,20,21). The fourth-order valence-electron chi connectivity index (χ4n) is 2.92. The van der Waals surface area contributed by atoms with Gasteiger partial charge in [-0.1, -0.05) is 18.2 Å². The summed E-state index contributed by atoms with van der Waals surface area (Å²) in [5, 5.41) is 12.5. The van der Waals surface area contributed by atoms with Crippen LogP contribution in [0.15, 0.2) is 48.7 Å². The number of aromatic nitrogens is 1. The van der Waals surface area contributed by atoms with Crippen molar-refractivity contribution in [2.45, 2.75) is 24.8 Å². The smallest absolute Gasteiger partial charge is 0.335 e. The third kappa shape index (κ3) is 3.11. The molecule has 1 saturated heterocycles. The highest BCUT2D eigenvalue weighted by Gasteiger charge is 2.24. The molecule has 1 fully saturated rings. The highest BCUT2D eigenvalue weighted by Crippen LogP contribution is 2.33. The first-order chi connectivity index (χ1) is 10.2. The minimum Gasteiger partial charge on any atom is -0.478 e. The summed E-state index contributed by atoms with van der Waals surface area (Å²) in [5.41, 5.74) is 2.61. The molecule has 21 heavy (non-hydrogen) atoms. The molecule has 2 heterocycles. The molecular weight excluding hydrogens is 264 g/mol. The van der Waals surface area contributed by atoms with Crippen LogP contribution >= 0.6 is 0 Å². The van der Waals surface area contributed by atoms with Crippen molar-refractivity contribution in [3.8, 4) is 0 Å². The van der Waals surface area contributed by atoms with Crippen molar-refractivity contribution in [2.24, 2.45) is 0 Å². The maximum absolute atomic E-state index is 10.9. The van der Waals surface area contributed by atoms with Crippen molar-refractivity contribution in [3.63, 3.8) is 0 Å². The first-order valence-corrected chi connectivity index (χ1v) is 7.21. The monoisotopic (exact) mass is 282 g/mol. The first kappa shape index (κ1) is 13.8. The molecule has 0 bridgehead atoms. The number of pyridine rings is 1. The summed E-state index contributed by atoms with van der Waals surface area (Å²) in [6.07, 6.45) is 3.91.